The Morgan fingerprint density at radius 3 is 2.17 bits per heavy atom. The van der Waals surface area contributed by atoms with E-state index in [2.05, 4.69) is 0 Å². The number of rotatable bonds is 7. The van der Waals surface area contributed by atoms with Gasteiger partial charge in [0.15, 0.2) is 11.3 Å². The second-order valence-corrected chi connectivity index (χ2v) is 4.86. The summed E-state index contributed by atoms with van der Waals surface area (Å²) >= 11 is 0.637. The molecule has 0 aliphatic rings. The average molecular weight is 296 g/mol. The standard InChI is InChI=1S/C10H14F6OS/c1-2-8(17)18-6-5-9(12,13)7(11)3-4-10(14,15)16/h7H,2-6H2,1H3. The topological polar surface area (TPSA) is 17.1 Å². The lowest BCUT2D eigenvalue weighted by molar-refractivity contribution is -0.148. The van der Waals surface area contributed by atoms with Crippen LogP contribution in [0.25, 0.3) is 0 Å². The van der Waals surface area contributed by atoms with Crippen LogP contribution in [0.3, 0.4) is 0 Å². The highest BCUT2D eigenvalue weighted by atomic mass is 32.2. The highest BCUT2D eigenvalue weighted by molar-refractivity contribution is 8.13. The van der Waals surface area contributed by atoms with Gasteiger partial charge in [0, 0.05) is 25.0 Å². The molecule has 0 bridgehead atoms. The quantitative estimate of drug-likeness (QED) is 0.649. The fourth-order valence-corrected chi connectivity index (χ4v) is 1.87. The monoisotopic (exact) mass is 296 g/mol. The minimum atomic E-state index is -4.65. The molecule has 0 aromatic heterocycles. The van der Waals surface area contributed by atoms with E-state index in [1.54, 1.807) is 6.92 Å². The first kappa shape index (κ1) is 17.6. The zero-order chi connectivity index (χ0) is 14.4. The largest absolute Gasteiger partial charge is 0.389 e. The van der Waals surface area contributed by atoms with Gasteiger partial charge in [-0.3, -0.25) is 4.79 Å². The molecule has 8 heteroatoms. The van der Waals surface area contributed by atoms with Gasteiger partial charge in [-0.2, -0.15) is 13.2 Å². The number of carbonyl (C=O) groups excluding carboxylic acids is 1. The fourth-order valence-electron chi connectivity index (χ4n) is 1.06. The molecule has 108 valence electrons. The summed E-state index contributed by atoms with van der Waals surface area (Å²) in [7, 11) is 0. The van der Waals surface area contributed by atoms with E-state index in [0.29, 0.717) is 11.8 Å². The Kier molecular flexibility index (Phi) is 7.09. The van der Waals surface area contributed by atoms with Crippen LogP contribution in [0, 0.1) is 0 Å². The van der Waals surface area contributed by atoms with Gasteiger partial charge in [0.1, 0.15) is 0 Å². The Hall–Kier alpha value is -0.400. The van der Waals surface area contributed by atoms with Gasteiger partial charge in [0.2, 0.25) is 0 Å². The minimum absolute atomic E-state index is 0.170. The first-order valence-electron chi connectivity index (χ1n) is 5.32. The van der Waals surface area contributed by atoms with Crippen LogP contribution in [0.4, 0.5) is 26.3 Å². The highest BCUT2D eigenvalue weighted by Crippen LogP contribution is 2.33. The van der Waals surface area contributed by atoms with E-state index in [0.717, 1.165) is 0 Å². The molecular formula is C10H14F6OS. The zero-order valence-electron chi connectivity index (χ0n) is 9.70. The Bertz CT molecular complexity index is 266. The average Bonchev–Trinajstić information content (AvgIpc) is 2.24. The van der Waals surface area contributed by atoms with E-state index in [4.69, 9.17) is 0 Å². The van der Waals surface area contributed by atoms with Crippen LogP contribution in [0.5, 0.6) is 0 Å². The van der Waals surface area contributed by atoms with Crippen molar-refractivity contribution in [2.75, 3.05) is 5.75 Å². The maximum Gasteiger partial charge on any atom is 0.389 e. The Morgan fingerprint density at radius 2 is 1.72 bits per heavy atom. The van der Waals surface area contributed by atoms with Gasteiger partial charge in [-0.1, -0.05) is 18.7 Å². The summed E-state index contributed by atoms with van der Waals surface area (Å²) in [6.45, 7) is 1.55. The molecule has 0 aliphatic heterocycles. The van der Waals surface area contributed by atoms with Crippen molar-refractivity contribution in [1.82, 2.24) is 0 Å². The molecule has 0 saturated carbocycles. The summed E-state index contributed by atoms with van der Waals surface area (Å²) in [6.07, 6.45) is -11.1. The molecule has 0 radical (unpaired) electrons. The number of carbonyl (C=O) groups is 1. The number of halogens is 6. The Morgan fingerprint density at radius 1 is 1.17 bits per heavy atom. The molecule has 0 aromatic rings. The van der Waals surface area contributed by atoms with Crippen LogP contribution in [-0.4, -0.2) is 29.1 Å². The number of alkyl halides is 6. The van der Waals surface area contributed by atoms with Crippen LogP contribution in [0.1, 0.15) is 32.6 Å². The van der Waals surface area contributed by atoms with Crippen molar-refractivity contribution in [3.63, 3.8) is 0 Å². The van der Waals surface area contributed by atoms with Crippen molar-refractivity contribution in [3.05, 3.63) is 0 Å². The maximum absolute atomic E-state index is 13.1. The third-order valence-electron chi connectivity index (χ3n) is 2.13. The predicted octanol–water partition coefficient (Wildman–Crippen LogP) is 4.36. The van der Waals surface area contributed by atoms with E-state index in [9.17, 15) is 31.1 Å². The molecule has 18 heavy (non-hydrogen) atoms. The van der Waals surface area contributed by atoms with E-state index in [-0.39, 0.29) is 17.3 Å². The SMILES string of the molecule is CCC(=O)SCCC(F)(F)C(F)CCC(F)(F)F. The second-order valence-electron chi connectivity index (χ2n) is 3.71. The molecule has 1 nitrogen and oxygen atoms in total. The molecule has 1 unspecified atom stereocenters. The normalized spacial score (nSPS) is 14.6. The molecule has 0 rings (SSSR count). The van der Waals surface area contributed by atoms with Gasteiger partial charge in [-0.25, -0.2) is 13.2 Å². The van der Waals surface area contributed by atoms with Crippen molar-refractivity contribution in [2.45, 2.75) is 50.9 Å². The molecular weight excluding hydrogens is 282 g/mol. The first-order valence-corrected chi connectivity index (χ1v) is 6.31. The third kappa shape index (κ3) is 7.84. The molecule has 0 N–H and O–H groups in total. The lowest BCUT2D eigenvalue weighted by Crippen LogP contribution is -2.32. The maximum atomic E-state index is 13.1. The second kappa shape index (κ2) is 7.25. The molecule has 0 fully saturated rings. The number of hydrogen-bond donors (Lipinski definition) is 0. The van der Waals surface area contributed by atoms with Crippen LogP contribution >= 0.6 is 11.8 Å². The van der Waals surface area contributed by atoms with Crippen LogP contribution in [-0.2, 0) is 4.79 Å². The van der Waals surface area contributed by atoms with Gasteiger partial charge in [0.05, 0.1) is 0 Å². The van der Waals surface area contributed by atoms with Crippen LogP contribution < -0.4 is 0 Å². The molecule has 0 aliphatic carbocycles. The van der Waals surface area contributed by atoms with Crippen molar-refractivity contribution in [3.8, 4) is 0 Å². The number of hydrogen-bond acceptors (Lipinski definition) is 2. The lowest BCUT2D eigenvalue weighted by Gasteiger charge is -2.20. The Balaban J connectivity index is 4.06. The van der Waals surface area contributed by atoms with Gasteiger partial charge in [0.25, 0.3) is 5.92 Å². The van der Waals surface area contributed by atoms with Crippen molar-refractivity contribution in [1.29, 1.82) is 0 Å². The minimum Gasteiger partial charge on any atom is -0.287 e. The predicted molar refractivity (Wildman–Crippen MR) is 57.5 cm³/mol. The van der Waals surface area contributed by atoms with E-state index < -0.39 is 37.5 Å². The van der Waals surface area contributed by atoms with E-state index >= 15 is 0 Å². The molecule has 0 saturated heterocycles. The Labute approximate surface area is 105 Å². The molecule has 0 amide bonds. The van der Waals surface area contributed by atoms with Gasteiger partial charge in [-0.05, 0) is 6.42 Å². The summed E-state index contributed by atoms with van der Waals surface area (Å²) in [5.41, 5.74) is 0. The third-order valence-corrected chi connectivity index (χ3v) is 3.15. The molecule has 1 atom stereocenters. The summed E-state index contributed by atoms with van der Waals surface area (Å²) in [4.78, 5) is 10.8. The first-order chi connectivity index (χ1) is 8.08. The fraction of sp³-hybridized carbons (Fsp3) is 0.900. The number of thioether (sulfide) groups is 1. The van der Waals surface area contributed by atoms with Crippen molar-refractivity contribution in [2.24, 2.45) is 0 Å². The molecule has 0 spiro atoms. The van der Waals surface area contributed by atoms with Crippen LogP contribution in [0.15, 0.2) is 0 Å². The van der Waals surface area contributed by atoms with Crippen molar-refractivity contribution < 1.29 is 31.1 Å². The summed E-state index contributed by atoms with van der Waals surface area (Å²) in [5, 5.41) is -0.309. The summed E-state index contributed by atoms with van der Waals surface area (Å²) < 4.78 is 74.4. The van der Waals surface area contributed by atoms with Gasteiger partial charge in [-0.15, -0.1) is 0 Å². The van der Waals surface area contributed by atoms with Gasteiger partial charge >= 0.3 is 6.18 Å². The smallest absolute Gasteiger partial charge is 0.287 e. The lowest BCUT2D eigenvalue weighted by atomic mass is 10.1. The summed E-state index contributed by atoms with van der Waals surface area (Å²) in [6, 6.07) is 0. The molecule has 0 aromatic carbocycles. The molecule has 0 heterocycles. The van der Waals surface area contributed by atoms with E-state index in [1.807, 2.05) is 0 Å². The summed E-state index contributed by atoms with van der Waals surface area (Å²) in [5.74, 6) is -4.13. The highest BCUT2D eigenvalue weighted by Gasteiger charge is 2.41. The van der Waals surface area contributed by atoms with Crippen molar-refractivity contribution >= 4 is 16.9 Å². The van der Waals surface area contributed by atoms with Crippen LogP contribution in [0.2, 0.25) is 0 Å². The zero-order valence-corrected chi connectivity index (χ0v) is 10.5. The van der Waals surface area contributed by atoms with Gasteiger partial charge < -0.3 is 0 Å². The van der Waals surface area contributed by atoms with E-state index in [1.165, 1.54) is 0 Å².